The molecule has 2 N–H and O–H groups in total. The molecule has 0 heterocycles. The first-order valence-electron chi connectivity index (χ1n) is 7.60. The molecule has 0 saturated heterocycles. The molecule has 4 nitrogen and oxygen atoms in total. The molecule has 0 amide bonds. The zero-order valence-corrected chi connectivity index (χ0v) is 13.9. The van der Waals surface area contributed by atoms with Gasteiger partial charge in [0, 0.05) is 6.04 Å². The van der Waals surface area contributed by atoms with Crippen molar-refractivity contribution in [2.75, 3.05) is 19.8 Å². The molecule has 1 rings (SSSR count). The van der Waals surface area contributed by atoms with Crippen molar-refractivity contribution >= 4 is 0 Å². The van der Waals surface area contributed by atoms with Gasteiger partial charge in [0.1, 0.15) is 6.61 Å². The second-order valence-corrected chi connectivity index (χ2v) is 6.17. The molecule has 0 aliphatic rings. The Balaban J connectivity index is 2.75. The summed E-state index contributed by atoms with van der Waals surface area (Å²) in [5.41, 5.74) is 6.83. The van der Waals surface area contributed by atoms with E-state index < -0.39 is 0 Å². The van der Waals surface area contributed by atoms with Gasteiger partial charge in [-0.1, -0.05) is 12.1 Å². The minimum absolute atomic E-state index is 0.0788. The Morgan fingerprint density at radius 1 is 1.14 bits per heavy atom. The largest absolute Gasteiger partial charge is 0.490 e. The van der Waals surface area contributed by atoms with Crippen molar-refractivity contribution in [2.24, 2.45) is 5.73 Å². The van der Waals surface area contributed by atoms with Crippen molar-refractivity contribution in [1.82, 2.24) is 0 Å². The molecule has 0 bridgehead atoms. The van der Waals surface area contributed by atoms with Crippen LogP contribution in [-0.2, 0) is 11.2 Å². The molecule has 4 heteroatoms. The molecule has 1 aromatic carbocycles. The van der Waals surface area contributed by atoms with Crippen LogP contribution in [0.25, 0.3) is 0 Å². The van der Waals surface area contributed by atoms with Crippen LogP contribution in [-0.4, -0.2) is 31.5 Å². The van der Waals surface area contributed by atoms with Gasteiger partial charge in [0.25, 0.3) is 0 Å². The van der Waals surface area contributed by atoms with E-state index in [1.165, 1.54) is 0 Å². The lowest BCUT2D eigenvalue weighted by atomic mass is 10.1. The first-order chi connectivity index (χ1) is 9.83. The zero-order chi connectivity index (χ0) is 15.9. The zero-order valence-electron chi connectivity index (χ0n) is 13.9. The third kappa shape index (κ3) is 6.82. The molecule has 21 heavy (non-hydrogen) atoms. The quantitative estimate of drug-likeness (QED) is 0.748. The summed E-state index contributed by atoms with van der Waals surface area (Å²) in [6.45, 7) is 11.7. The van der Waals surface area contributed by atoms with Crippen LogP contribution in [0.5, 0.6) is 11.5 Å². The molecule has 0 aliphatic carbocycles. The fourth-order valence-corrected chi connectivity index (χ4v) is 1.99. The Kier molecular flexibility index (Phi) is 6.99. The van der Waals surface area contributed by atoms with E-state index in [1.54, 1.807) is 0 Å². The topological polar surface area (TPSA) is 53.7 Å². The van der Waals surface area contributed by atoms with E-state index >= 15 is 0 Å². The summed E-state index contributed by atoms with van der Waals surface area (Å²) in [6, 6.07) is 6.01. The van der Waals surface area contributed by atoms with Crippen LogP contribution in [0.15, 0.2) is 18.2 Å². The molecule has 1 unspecified atom stereocenters. The number of rotatable bonds is 8. The molecule has 0 fully saturated rings. The van der Waals surface area contributed by atoms with Crippen molar-refractivity contribution in [3.05, 3.63) is 23.8 Å². The molecule has 120 valence electrons. The van der Waals surface area contributed by atoms with Gasteiger partial charge in [0.05, 0.1) is 18.8 Å². The van der Waals surface area contributed by atoms with Crippen LogP contribution < -0.4 is 15.2 Å². The minimum Gasteiger partial charge on any atom is -0.490 e. The molecule has 1 atom stereocenters. The minimum atomic E-state index is -0.155. The Morgan fingerprint density at radius 3 is 2.43 bits per heavy atom. The van der Waals surface area contributed by atoms with Gasteiger partial charge in [-0.05, 0) is 52.7 Å². The highest BCUT2D eigenvalue weighted by Crippen LogP contribution is 2.32. The average molecular weight is 295 g/mol. The number of hydrogen-bond donors (Lipinski definition) is 1. The average Bonchev–Trinajstić information content (AvgIpc) is 2.35. The molecule has 0 spiro atoms. The number of nitrogens with two attached hydrogens (primary N) is 1. The molecule has 0 aliphatic heterocycles. The number of para-hydroxylation sites is 1. The van der Waals surface area contributed by atoms with E-state index in [1.807, 2.05) is 52.8 Å². The predicted octanol–water partition coefficient (Wildman–Crippen LogP) is 3.17. The van der Waals surface area contributed by atoms with Gasteiger partial charge < -0.3 is 19.9 Å². The molecule has 1 aromatic rings. The fraction of sp³-hybridized carbons (Fsp3) is 0.647. The van der Waals surface area contributed by atoms with Crippen molar-refractivity contribution in [1.29, 1.82) is 0 Å². The second kappa shape index (κ2) is 8.25. The van der Waals surface area contributed by atoms with Gasteiger partial charge in [0.2, 0.25) is 0 Å². The Morgan fingerprint density at radius 2 is 1.86 bits per heavy atom. The SMILES string of the molecule is CCOc1cccc(CC(C)N)c1OCCOC(C)(C)C. The second-order valence-electron chi connectivity index (χ2n) is 6.17. The summed E-state index contributed by atoms with van der Waals surface area (Å²) in [5.74, 6) is 1.56. The van der Waals surface area contributed by atoms with Crippen molar-refractivity contribution in [3.8, 4) is 11.5 Å². The van der Waals surface area contributed by atoms with Gasteiger partial charge in [-0.25, -0.2) is 0 Å². The maximum atomic E-state index is 5.91. The number of hydrogen-bond acceptors (Lipinski definition) is 4. The van der Waals surface area contributed by atoms with E-state index in [9.17, 15) is 0 Å². The fourth-order valence-electron chi connectivity index (χ4n) is 1.99. The van der Waals surface area contributed by atoms with E-state index in [0.29, 0.717) is 19.8 Å². The summed E-state index contributed by atoms with van der Waals surface area (Å²) in [5, 5.41) is 0. The van der Waals surface area contributed by atoms with Gasteiger partial charge in [-0.3, -0.25) is 0 Å². The van der Waals surface area contributed by atoms with Crippen LogP contribution >= 0.6 is 0 Å². The summed E-state index contributed by atoms with van der Waals surface area (Å²) in [7, 11) is 0. The summed E-state index contributed by atoms with van der Waals surface area (Å²) >= 11 is 0. The maximum Gasteiger partial charge on any atom is 0.164 e. The van der Waals surface area contributed by atoms with Crippen LogP contribution in [0.1, 0.15) is 40.2 Å². The van der Waals surface area contributed by atoms with Crippen LogP contribution in [0.4, 0.5) is 0 Å². The van der Waals surface area contributed by atoms with Gasteiger partial charge in [-0.15, -0.1) is 0 Å². The van der Waals surface area contributed by atoms with Gasteiger partial charge >= 0.3 is 0 Å². The highest BCUT2D eigenvalue weighted by Gasteiger charge is 2.14. The Hall–Kier alpha value is -1.26. The van der Waals surface area contributed by atoms with E-state index in [2.05, 4.69) is 0 Å². The number of ether oxygens (including phenoxy) is 3. The standard InChI is InChI=1S/C17H29NO3/c1-6-19-15-9-7-8-14(12-13(2)18)16(15)20-10-11-21-17(3,4)5/h7-9,13H,6,10-12,18H2,1-5H3. The Bertz CT molecular complexity index is 425. The smallest absolute Gasteiger partial charge is 0.164 e. The highest BCUT2D eigenvalue weighted by atomic mass is 16.5. The summed E-state index contributed by atoms with van der Waals surface area (Å²) in [4.78, 5) is 0. The first-order valence-corrected chi connectivity index (χ1v) is 7.60. The molecular weight excluding hydrogens is 266 g/mol. The lowest BCUT2D eigenvalue weighted by Crippen LogP contribution is -2.23. The van der Waals surface area contributed by atoms with Crippen molar-refractivity contribution < 1.29 is 14.2 Å². The lowest BCUT2D eigenvalue weighted by Gasteiger charge is -2.21. The van der Waals surface area contributed by atoms with Crippen molar-refractivity contribution in [2.45, 2.75) is 52.7 Å². The molecular formula is C17H29NO3. The van der Waals surface area contributed by atoms with E-state index in [4.69, 9.17) is 19.9 Å². The van der Waals surface area contributed by atoms with E-state index in [0.717, 1.165) is 23.5 Å². The maximum absolute atomic E-state index is 5.91. The van der Waals surface area contributed by atoms with Gasteiger partial charge in [0.15, 0.2) is 11.5 Å². The monoisotopic (exact) mass is 295 g/mol. The third-order valence-corrected chi connectivity index (χ3v) is 2.77. The van der Waals surface area contributed by atoms with Crippen LogP contribution in [0.2, 0.25) is 0 Å². The van der Waals surface area contributed by atoms with E-state index in [-0.39, 0.29) is 11.6 Å². The van der Waals surface area contributed by atoms with Crippen LogP contribution in [0, 0.1) is 0 Å². The molecule has 0 radical (unpaired) electrons. The predicted molar refractivity (Wildman–Crippen MR) is 86.2 cm³/mol. The Labute approximate surface area is 128 Å². The summed E-state index contributed by atoms with van der Waals surface area (Å²) < 4.78 is 17.2. The van der Waals surface area contributed by atoms with Crippen molar-refractivity contribution in [3.63, 3.8) is 0 Å². The summed E-state index contributed by atoms with van der Waals surface area (Å²) in [6.07, 6.45) is 0.760. The number of benzene rings is 1. The molecule has 0 saturated carbocycles. The first kappa shape index (κ1) is 17.8. The molecule has 0 aromatic heterocycles. The normalized spacial score (nSPS) is 13.0. The van der Waals surface area contributed by atoms with Crippen LogP contribution in [0.3, 0.4) is 0 Å². The van der Waals surface area contributed by atoms with Gasteiger partial charge in [-0.2, -0.15) is 0 Å². The highest BCUT2D eigenvalue weighted by molar-refractivity contribution is 5.47. The lowest BCUT2D eigenvalue weighted by molar-refractivity contribution is -0.0166. The third-order valence-electron chi connectivity index (χ3n) is 2.77.